The molecule has 0 unspecified atom stereocenters. The fraction of sp³-hybridized carbons (Fsp3) is 0.278. The molecule has 1 aromatic carbocycles. The monoisotopic (exact) mass is 424 g/mol. The van der Waals surface area contributed by atoms with E-state index < -0.39 is 39.8 Å². The summed E-state index contributed by atoms with van der Waals surface area (Å²) in [5.41, 5.74) is -1.22. The minimum Gasteiger partial charge on any atom is -0.337 e. The van der Waals surface area contributed by atoms with Crippen molar-refractivity contribution in [3.05, 3.63) is 54.0 Å². The Bertz CT molecular complexity index is 1120. The third-order valence-electron chi connectivity index (χ3n) is 5.09. The molecule has 1 spiro atoms. The van der Waals surface area contributed by atoms with E-state index in [9.17, 15) is 26.4 Å². The quantitative estimate of drug-likeness (QED) is 0.793. The van der Waals surface area contributed by atoms with Crippen molar-refractivity contribution in [2.45, 2.75) is 24.3 Å². The van der Waals surface area contributed by atoms with Gasteiger partial charge in [0.2, 0.25) is 0 Å². The van der Waals surface area contributed by atoms with Gasteiger partial charge in [-0.05, 0) is 37.1 Å². The van der Waals surface area contributed by atoms with Crippen LogP contribution in [0.5, 0.6) is 0 Å². The number of nitrogens with zero attached hydrogens (tertiary/aromatic N) is 3. The number of hydrogen-bond donors (Lipinski definition) is 1. The molecule has 2 fully saturated rings. The third kappa shape index (κ3) is 3.15. The molecule has 1 aromatic heterocycles. The van der Waals surface area contributed by atoms with Crippen LogP contribution in [0.15, 0.2) is 42.4 Å². The maximum Gasteiger partial charge on any atom is 0.287 e. The van der Waals surface area contributed by atoms with Crippen LogP contribution in [0, 0.1) is 5.82 Å². The molecule has 7 nitrogen and oxygen atoms in total. The Morgan fingerprint density at radius 3 is 2.45 bits per heavy atom. The van der Waals surface area contributed by atoms with E-state index in [1.807, 2.05) is 0 Å². The molecular formula is C18H15F3N4O3S. The van der Waals surface area contributed by atoms with E-state index in [-0.39, 0.29) is 17.2 Å². The molecule has 0 radical (unpaired) electrons. The van der Waals surface area contributed by atoms with Gasteiger partial charge in [-0.25, -0.2) is 36.3 Å². The summed E-state index contributed by atoms with van der Waals surface area (Å²) in [5.74, 6) is -4.29. The Morgan fingerprint density at radius 2 is 1.90 bits per heavy atom. The first-order valence-electron chi connectivity index (χ1n) is 8.57. The second-order valence-corrected chi connectivity index (χ2v) is 8.53. The number of nitrogens with one attached hydrogen (secondary N) is 1. The number of aromatic nitrogens is 2. The minimum atomic E-state index is -4.06. The molecule has 1 aliphatic heterocycles. The van der Waals surface area contributed by atoms with Crippen molar-refractivity contribution < 1.29 is 26.4 Å². The summed E-state index contributed by atoms with van der Waals surface area (Å²) >= 11 is 0. The summed E-state index contributed by atoms with van der Waals surface area (Å²) in [6.45, 7) is 2.54. The first kappa shape index (κ1) is 19.4. The minimum absolute atomic E-state index is 0.0791. The highest BCUT2D eigenvalue weighted by Crippen LogP contribution is 2.61. The second-order valence-electron chi connectivity index (χ2n) is 6.90. The van der Waals surface area contributed by atoms with Crippen LogP contribution in [0.1, 0.15) is 23.3 Å². The van der Waals surface area contributed by atoms with Crippen molar-refractivity contribution in [1.29, 1.82) is 0 Å². The molecule has 29 heavy (non-hydrogen) atoms. The molecule has 0 atom stereocenters. The van der Waals surface area contributed by atoms with E-state index in [4.69, 9.17) is 0 Å². The summed E-state index contributed by atoms with van der Waals surface area (Å²) in [6.07, 6.45) is 1.61. The van der Waals surface area contributed by atoms with Gasteiger partial charge in [0.1, 0.15) is 22.7 Å². The highest BCUT2D eigenvalue weighted by molar-refractivity contribution is 7.92. The summed E-state index contributed by atoms with van der Waals surface area (Å²) in [6, 6.07) is 5.08. The van der Waals surface area contributed by atoms with E-state index in [1.165, 1.54) is 17.0 Å². The number of hydrogen-bond acceptors (Lipinski definition) is 6. The zero-order chi connectivity index (χ0) is 21.0. The zero-order valence-electron chi connectivity index (χ0n) is 14.9. The lowest BCUT2D eigenvalue weighted by molar-refractivity contribution is -0.0836. The van der Waals surface area contributed by atoms with E-state index in [2.05, 4.69) is 16.5 Å². The van der Waals surface area contributed by atoms with Gasteiger partial charge in [-0.1, -0.05) is 6.58 Å². The summed E-state index contributed by atoms with van der Waals surface area (Å²) in [4.78, 5) is 21.9. The predicted octanol–water partition coefficient (Wildman–Crippen LogP) is 2.47. The van der Waals surface area contributed by atoms with E-state index in [1.54, 1.807) is 4.72 Å². The largest absolute Gasteiger partial charge is 0.337 e. The standard InChI is InChI=1S/C18H15F3N4O3S/c1-2-29(27,28)24-16(26)13-9-22-15(25-10-18(20,21)17(25)7-8-17)14(23-13)11-3-5-12(19)6-4-11/h2-6,9H,1,7-8,10H2,(H,24,26). The Labute approximate surface area is 164 Å². The van der Waals surface area contributed by atoms with Crippen molar-refractivity contribution in [2.24, 2.45) is 0 Å². The maximum absolute atomic E-state index is 14.1. The Balaban J connectivity index is 1.77. The number of rotatable bonds is 5. The molecule has 2 aliphatic rings. The van der Waals surface area contributed by atoms with Crippen molar-refractivity contribution >= 4 is 21.7 Å². The SMILES string of the molecule is C=CS(=O)(=O)NC(=O)c1cnc(N2CC(F)(F)C23CC3)c(-c2ccc(F)cc2)n1. The predicted molar refractivity (Wildman–Crippen MR) is 98.3 cm³/mol. The normalized spacial score (nSPS) is 18.8. The maximum atomic E-state index is 14.1. The Hall–Kier alpha value is -2.95. The summed E-state index contributed by atoms with van der Waals surface area (Å²) in [5, 5.41) is 0.562. The van der Waals surface area contributed by atoms with Gasteiger partial charge in [-0.2, -0.15) is 0 Å². The number of amides is 1. The van der Waals surface area contributed by atoms with Gasteiger partial charge >= 0.3 is 0 Å². The lowest BCUT2D eigenvalue weighted by Gasteiger charge is -2.49. The average molecular weight is 424 g/mol. The number of carbonyl (C=O) groups excluding carboxylic acids is 1. The molecule has 1 saturated heterocycles. The van der Waals surface area contributed by atoms with Crippen molar-refractivity contribution in [3.63, 3.8) is 0 Å². The number of benzene rings is 1. The van der Waals surface area contributed by atoms with Gasteiger partial charge in [0.05, 0.1) is 12.7 Å². The molecular weight excluding hydrogens is 409 g/mol. The van der Waals surface area contributed by atoms with Gasteiger partial charge < -0.3 is 4.90 Å². The molecule has 2 aromatic rings. The molecule has 2 heterocycles. The number of halogens is 3. The zero-order valence-corrected chi connectivity index (χ0v) is 15.7. The van der Waals surface area contributed by atoms with Gasteiger partial charge in [-0.15, -0.1) is 0 Å². The van der Waals surface area contributed by atoms with Crippen LogP contribution >= 0.6 is 0 Å². The first-order valence-corrected chi connectivity index (χ1v) is 10.1. The Kier molecular flexibility index (Phi) is 4.19. The highest BCUT2D eigenvalue weighted by Gasteiger charge is 2.74. The molecule has 11 heteroatoms. The van der Waals surface area contributed by atoms with Crippen LogP contribution in [0.25, 0.3) is 11.3 Å². The topological polar surface area (TPSA) is 92.3 Å². The smallest absolute Gasteiger partial charge is 0.287 e. The number of sulfonamides is 1. The first-order chi connectivity index (χ1) is 13.6. The van der Waals surface area contributed by atoms with Crippen LogP contribution in [0.3, 0.4) is 0 Å². The Morgan fingerprint density at radius 1 is 1.24 bits per heavy atom. The highest BCUT2D eigenvalue weighted by atomic mass is 32.2. The summed E-state index contributed by atoms with van der Waals surface area (Å²) in [7, 11) is -4.06. The van der Waals surface area contributed by atoms with Gasteiger partial charge in [0.25, 0.3) is 21.9 Å². The van der Waals surface area contributed by atoms with Crippen LogP contribution in [0.2, 0.25) is 0 Å². The molecule has 1 N–H and O–H groups in total. The average Bonchev–Trinajstić information content (AvgIpc) is 3.50. The molecule has 152 valence electrons. The molecule has 1 aliphatic carbocycles. The number of carbonyl (C=O) groups is 1. The third-order valence-corrected chi connectivity index (χ3v) is 6.00. The van der Waals surface area contributed by atoms with Crippen molar-refractivity contribution in [1.82, 2.24) is 14.7 Å². The number of anilines is 1. The van der Waals surface area contributed by atoms with Gasteiger partial charge in [0.15, 0.2) is 5.82 Å². The lowest BCUT2D eigenvalue weighted by atomic mass is 9.94. The molecule has 4 rings (SSSR count). The van der Waals surface area contributed by atoms with E-state index in [0.29, 0.717) is 23.8 Å². The van der Waals surface area contributed by atoms with Crippen LogP contribution < -0.4 is 9.62 Å². The van der Waals surface area contributed by atoms with E-state index >= 15 is 0 Å². The molecule has 1 amide bonds. The lowest BCUT2D eigenvalue weighted by Crippen LogP contribution is -2.68. The van der Waals surface area contributed by atoms with Crippen molar-refractivity contribution in [2.75, 3.05) is 11.4 Å². The second kappa shape index (κ2) is 6.28. The van der Waals surface area contributed by atoms with Gasteiger partial charge in [-0.3, -0.25) is 4.79 Å². The fourth-order valence-electron chi connectivity index (χ4n) is 3.35. The van der Waals surface area contributed by atoms with Crippen molar-refractivity contribution in [3.8, 4) is 11.3 Å². The molecule has 0 bridgehead atoms. The van der Waals surface area contributed by atoms with E-state index in [0.717, 1.165) is 18.3 Å². The van der Waals surface area contributed by atoms with Gasteiger partial charge in [0, 0.05) is 11.0 Å². The van der Waals surface area contributed by atoms with Crippen LogP contribution in [0.4, 0.5) is 19.0 Å². The summed E-state index contributed by atoms with van der Waals surface area (Å²) < 4.78 is 66.3. The fourth-order valence-corrected chi connectivity index (χ4v) is 3.80. The molecule has 1 saturated carbocycles. The number of alkyl halides is 2. The van der Waals surface area contributed by atoms with Crippen LogP contribution in [-0.2, 0) is 10.0 Å². The van der Waals surface area contributed by atoms with Crippen LogP contribution in [-0.4, -0.2) is 42.3 Å².